The monoisotopic (exact) mass is 599 g/mol. The van der Waals surface area contributed by atoms with Gasteiger partial charge in [-0.3, -0.25) is 0 Å². The standard InChI is InChI=1S/C30H17N9O4S/c1-2-6-18-15(4-1)7-8-19(42-18)26-25(28-35-37-38-36-28)22-20(17-14-41-39-34-17)24(30-33-11-13-44-30)23(29-32-10-12-40-29)21(27(22)43-26)16-5-3-9-31-16/h1-14,19,31H,(H,35,36,37,38). The van der Waals surface area contributed by atoms with Crippen LogP contribution in [-0.2, 0) is 0 Å². The molecule has 2 N–H and O–H groups in total. The Hall–Kier alpha value is -6.15. The van der Waals surface area contributed by atoms with Crippen LogP contribution in [0.15, 0.2) is 92.3 Å². The van der Waals surface area contributed by atoms with Crippen LogP contribution in [0.4, 0.5) is 0 Å². The summed E-state index contributed by atoms with van der Waals surface area (Å²) in [5.74, 6) is 1.85. The van der Waals surface area contributed by atoms with E-state index < -0.39 is 6.10 Å². The molecule has 9 rings (SSSR count). The number of aromatic nitrogens is 9. The van der Waals surface area contributed by atoms with Crippen molar-refractivity contribution in [3.63, 3.8) is 0 Å². The zero-order valence-corrected chi connectivity index (χ0v) is 23.1. The molecule has 1 aliphatic heterocycles. The van der Waals surface area contributed by atoms with Gasteiger partial charge in [0.05, 0.1) is 22.9 Å². The number of H-pyrrole nitrogens is 2. The number of aromatic amines is 2. The van der Waals surface area contributed by atoms with Crippen LogP contribution >= 0.6 is 11.3 Å². The molecule has 1 aliphatic rings. The van der Waals surface area contributed by atoms with Gasteiger partial charge in [-0.05, 0) is 29.5 Å². The Bertz CT molecular complexity index is 2250. The zero-order valence-electron chi connectivity index (χ0n) is 22.3. The molecule has 1 atom stereocenters. The molecule has 44 heavy (non-hydrogen) atoms. The van der Waals surface area contributed by atoms with Crippen LogP contribution < -0.4 is 4.74 Å². The first-order valence-electron chi connectivity index (χ1n) is 13.4. The van der Waals surface area contributed by atoms with Crippen molar-refractivity contribution in [2.24, 2.45) is 0 Å². The lowest BCUT2D eigenvalue weighted by molar-refractivity contribution is 0.223. The number of thiazole rings is 1. The Morgan fingerprint density at radius 1 is 0.909 bits per heavy atom. The maximum atomic E-state index is 6.90. The Morgan fingerprint density at radius 3 is 2.66 bits per heavy atom. The number of para-hydroxylation sites is 1. The number of nitrogens with zero attached hydrogens (tertiary/aromatic N) is 7. The summed E-state index contributed by atoms with van der Waals surface area (Å²) >= 11 is 1.46. The molecule has 212 valence electrons. The van der Waals surface area contributed by atoms with Crippen molar-refractivity contribution in [1.82, 2.24) is 45.9 Å². The number of rotatable bonds is 6. The lowest BCUT2D eigenvalue weighted by atomic mass is 9.87. The van der Waals surface area contributed by atoms with Crippen molar-refractivity contribution in [2.45, 2.75) is 6.10 Å². The molecule has 0 saturated carbocycles. The SMILES string of the molecule is C1=CC(c2oc3c(-c4ccc[nH]4)c(-c4ncco4)c(-c4nccs4)c(-c4conn4)c3c2-c2nn[nH]n2)Oc2ccccc21. The molecular formula is C30H17N9O4S. The van der Waals surface area contributed by atoms with E-state index in [1.54, 1.807) is 12.4 Å². The molecule has 0 radical (unpaired) electrons. The van der Waals surface area contributed by atoms with Gasteiger partial charge in [0.15, 0.2) is 18.1 Å². The molecule has 2 aromatic carbocycles. The molecule has 0 spiro atoms. The van der Waals surface area contributed by atoms with E-state index in [0.717, 1.165) is 11.3 Å². The highest BCUT2D eigenvalue weighted by Crippen LogP contribution is 2.54. The number of hydrogen-bond donors (Lipinski definition) is 2. The van der Waals surface area contributed by atoms with Gasteiger partial charge in [0.25, 0.3) is 0 Å². The second-order valence-corrected chi connectivity index (χ2v) is 10.7. The van der Waals surface area contributed by atoms with Gasteiger partial charge in [-0.25, -0.2) is 9.97 Å². The van der Waals surface area contributed by atoms with Crippen LogP contribution in [0.25, 0.3) is 73.0 Å². The maximum Gasteiger partial charge on any atom is 0.227 e. The molecular weight excluding hydrogens is 582 g/mol. The number of hydrogen-bond acceptors (Lipinski definition) is 12. The lowest BCUT2D eigenvalue weighted by Gasteiger charge is -2.20. The molecule has 14 heteroatoms. The van der Waals surface area contributed by atoms with Gasteiger partial charge in [-0.2, -0.15) is 5.21 Å². The van der Waals surface area contributed by atoms with Crippen LogP contribution in [0, 0.1) is 0 Å². The summed E-state index contributed by atoms with van der Waals surface area (Å²) in [5.41, 5.74) is 5.85. The summed E-state index contributed by atoms with van der Waals surface area (Å²) in [4.78, 5) is 12.6. The summed E-state index contributed by atoms with van der Waals surface area (Å²) in [6.45, 7) is 0. The van der Waals surface area contributed by atoms with E-state index in [1.165, 1.54) is 23.9 Å². The van der Waals surface area contributed by atoms with Crippen LogP contribution in [0.3, 0.4) is 0 Å². The van der Waals surface area contributed by atoms with E-state index in [2.05, 4.69) is 41.0 Å². The first-order valence-corrected chi connectivity index (χ1v) is 14.3. The number of nitrogens with one attached hydrogen (secondary N) is 2. The lowest BCUT2D eigenvalue weighted by Crippen LogP contribution is -2.09. The second-order valence-electron chi connectivity index (χ2n) is 9.76. The molecule has 6 aromatic heterocycles. The van der Waals surface area contributed by atoms with Crippen molar-refractivity contribution in [1.29, 1.82) is 0 Å². The first kappa shape index (κ1) is 24.4. The third kappa shape index (κ3) is 3.67. The van der Waals surface area contributed by atoms with Crippen molar-refractivity contribution in [2.75, 3.05) is 0 Å². The van der Waals surface area contributed by atoms with Crippen molar-refractivity contribution >= 4 is 28.4 Å². The van der Waals surface area contributed by atoms with Crippen LogP contribution in [0.1, 0.15) is 17.4 Å². The minimum Gasteiger partial charge on any atom is -0.478 e. The Morgan fingerprint density at radius 2 is 1.89 bits per heavy atom. The number of ether oxygens (including phenoxy) is 1. The molecule has 0 saturated heterocycles. The first-order chi connectivity index (χ1) is 21.8. The fraction of sp³-hybridized carbons (Fsp3) is 0.0333. The second kappa shape index (κ2) is 9.71. The highest BCUT2D eigenvalue weighted by atomic mass is 32.1. The van der Waals surface area contributed by atoms with Gasteiger partial charge in [0.2, 0.25) is 11.7 Å². The van der Waals surface area contributed by atoms with Gasteiger partial charge in [-0.15, -0.1) is 26.6 Å². The normalized spacial score (nSPS) is 14.2. The molecule has 1 unspecified atom stereocenters. The summed E-state index contributed by atoms with van der Waals surface area (Å²) in [6, 6.07) is 11.7. The quantitative estimate of drug-likeness (QED) is 0.211. The topological polar surface area (TPSA) is 170 Å². The van der Waals surface area contributed by atoms with E-state index in [0.29, 0.717) is 72.7 Å². The highest BCUT2D eigenvalue weighted by Gasteiger charge is 2.37. The number of tetrazole rings is 1. The minimum absolute atomic E-state index is 0.304. The Labute approximate surface area is 250 Å². The van der Waals surface area contributed by atoms with Crippen LogP contribution in [-0.4, -0.2) is 45.9 Å². The van der Waals surface area contributed by atoms with E-state index in [4.69, 9.17) is 23.1 Å². The van der Waals surface area contributed by atoms with Crippen molar-refractivity contribution in [3.05, 3.63) is 90.3 Å². The van der Waals surface area contributed by atoms with Crippen LogP contribution in [0.5, 0.6) is 5.75 Å². The Balaban J connectivity index is 1.49. The average molecular weight is 600 g/mol. The predicted octanol–water partition coefficient (Wildman–Crippen LogP) is 6.58. The molecule has 7 heterocycles. The Kier molecular flexibility index (Phi) is 5.39. The summed E-state index contributed by atoms with van der Waals surface area (Å²) in [6.07, 6.45) is 11.5. The fourth-order valence-corrected chi connectivity index (χ4v) is 6.36. The molecule has 0 bridgehead atoms. The van der Waals surface area contributed by atoms with E-state index in [-0.39, 0.29) is 0 Å². The predicted molar refractivity (Wildman–Crippen MR) is 158 cm³/mol. The molecule has 8 aromatic rings. The van der Waals surface area contributed by atoms with E-state index in [1.807, 2.05) is 60.1 Å². The number of fused-ring (bicyclic) bond motifs is 2. The molecule has 0 aliphatic carbocycles. The summed E-state index contributed by atoms with van der Waals surface area (Å²) in [7, 11) is 0. The van der Waals surface area contributed by atoms with Gasteiger partial charge in [0.1, 0.15) is 28.3 Å². The minimum atomic E-state index is -0.626. The average Bonchev–Trinajstić information content (AvgIpc) is 3.91. The number of furan rings is 1. The maximum absolute atomic E-state index is 6.90. The fourth-order valence-electron chi connectivity index (χ4n) is 5.67. The van der Waals surface area contributed by atoms with Gasteiger partial charge >= 0.3 is 0 Å². The molecule has 13 nitrogen and oxygen atoms in total. The van der Waals surface area contributed by atoms with E-state index >= 15 is 0 Å². The number of benzene rings is 2. The molecule has 0 fully saturated rings. The van der Waals surface area contributed by atoms with Crippen molar-refractivity contribution in [3.8, 4) is 61.7 Å². The summed E-state index contributed by atoms with van der Waals surface area (Å²) < 4.78 is 24.6. The van der Waals surface area contributed by atoms with E-state index in [9.17, 15) is 0 Å². The third-order valence-electron chi connectivity index (χ3n) is 7.39. The highest BCUT2D eigenvalue weighted by molar-refractivity contribution is 7.13. The van der Waals surface area contributed by atoms with Gasteiger partial charge < -0.3 is 23.1 Å². The van der Waals surface area contributed by atoms with Crippen LogP contribution in [0.2, 0.25) is 0 Å². The largest absolute Gasteiger partial charge is 0.478 e. The zero-order chi connectivity index (χ0) is 29.0. The molecule has 0 amide bonds. The summed E-state index contributed by atoms with van der Waals surface area (Å²) in [5, 5.41) is 26.6. The smallest absolute Gasteiger partial charge is 0.227 e. The van der Waals surface area contributed by atoms with Gasteiger partial charge in [-0.1, -0.05) is 24.3 Å². The van der Waals surface area contributed by atoms with Gasteiger partial charge in [0, 0.05) is 50.8 Å². The third-order valence-corrected chi connectivity index (χ3v) is 8.18. The van der Waals surface area contributed by atoms with Crippen molar-refractivity contribution < 1.29 is 18.1 Å². The number of oxazole rings is 1.